The Labute approximate surface area is 162 Å². The van der Waals surface area contributed by atoms with Crippen LogP contribution in [0.15, 0.2) is 54.6 Å². The highest BCUT2D eigenvalue weighted by Gasteiger charge is 2.36. The van der Waals surface area contributed by atoms with E-state index in [1.54, 1.807) is 30.3 Å². The molecule has 7 nitrogen and oxygen atoms in total. The van der Waals surface area contributed by atoms with Crippen molar-refractivity contribution in [1.29, 1.82) is 0 Å². The van der Waals surface area contributed by atoms with Gasteiger partial charge in [-0.05, 0) is 24.6 Å². The van der Waals surface area contributed by atoms with Gasteiger partial charge in [-0.15, -0.1) is 0 Å². The molecule has 0 spiro atoms. The van der Waals surface area contributed by atoms with Crippen molar-refractivity contribution in [1.82, 2.24) is 0 Å². The molecule has 0 aromatic heterocycles. The maximum absolute atomic E-state index is 13.1. The molecule has 0 saturated carbocycles. The molecular formula is C19H15F3N2O5. The van der Waals surface area contributed by atoms with Crippen molar-refractivity contribution < 1.29 is 32.4 Å². The van der Waals surface area contributed by atoms with Gasteiger partial charge in [0.15, 0.2) is 6.10 Å². The molecule has 2 aromatic rings. The lowest BCUT2D eigenvalue weighted by Crippen LogP contribution is -2.30. The van der Waals surface area contributed by atoms with E-state index < -0.39 is 46.0 Å². The van der Waals surface area contributed by atoms with Crippen molar-refractivity contribution in [2.75, 3.05) is 5.32 Å². The zero-order chi connectivity index (χ0) is 21.6. The molecule has 0 saturated heterocycles. The van der Waals surface area contributed by atoms with Crippen LogP contribution in [0, 0.1) is 10.1 Å². The highest BCUT2D eigenvalue weighted by Crippen LogP contribution is 2.37. The standard InChI is InChI=1S/C19H15F3N2O5/c1-12(29-17(25)10-7-13-5-3-2-4-6-13)18(26)23-16-9-8-14(24(27)28)11-15(16)19(20,21)22/h2-12H,1H3,(H,23,26)/b10-7+/t12-/m1/s1. The molecule has 152 valence electrons. The van der Waals surface area contributed by atoms with Crippen molar-refractivity contribution in [3.63, 3.8) is 0 Å². The van der Waals surface area contributed by atoms with Crippen molar-refractivity contribution in [3.8, 4) is 0 Å². The Bertz CT molecular complexity index is 943. The summed E-state index contributed by atoms with van der Waals surface area (Å²) < 4.78 is 44.3. The minimum atomic E-state index is -4.94. The molecule has 0 radical (unpaired) electrons. The van der Waals surface area contributed by atoms with E-state index in [0.717, 1.165) is 18.2 Å². The maximum Gasteiger partial charge on any atom is 0.418 e. The third-order valence-corrected chi connectivity index (χ3v) is 3.65. The summed E-state index contributed by atoms with van der Waals surface area (Å²) in [5, 5.41) is 12.7. The van der Waals surface area contributed by atoms with Crippen molar-refractivity contribution >= 4 is 29.3 Å². The molecule has 0 aliphatic heterocycles. The Morgan fingerprint density at radius 2 is 1.83 bits per heavy atom. The second-order valence-corrected chi connectivity index (χ2v) is 5.80. The van der Waals surface area contributed by atoms with Crippen molar-refractivity contribution in [2.24, 2.45) is 0 Å². The number of carbonyl (C=O) groups is 2. The monoisotopic (exact) mass is 408 g/mol. The van der Waals surface area contributed by atoms with Gasteiger partial charge in [-0.2, -0.15) is 13.2 Å². The number of non-ortho nitro benzene ring substituents is 1. The van der Waals surface area contributed by atoms with E-state index in [1.807, 2.05) is 5.32 Å². The second-order valence-electron chi connectivity index (χ2n) is 5.80. The van der Waals surface area contributed by atoms with Crippen molar-refractivity contribution in [3.05, 3.63) is 75.8 Å². The number of nitrogens with one attached hydrogen (secondary N) is 1. The number of carbonyl (C=O) groups excluding carboxylic acids is 2. The lowest BCUT2D eigenvalue weighted by molar-refractivity contribution is -0.385. The number of hydrogen-bond acceptors (Lipinski definition) is 5. The number of anilines is 1. The van der Waals surface area contributed by atoms with Gasteiger partial charge in [0.2, 0.25) is 0 Å². The Kier molecular flexibility index (Phi) is 6.71. The van der Waals surface area contributed by atoms with Crippen LogP contribution >= 0.6 is 0 Å². The first-order valence-electron chi connectivity index (χ1n) is 8.18. The normalized spacial score (nSPS) is 12.4. The van der Waals surface area contributed by atoms with E-state index in [1.165, 1.54) is 13.0 Å². The van der Waals surface area contributed by atoms with Crippen LogP contribution in [0.4, 0.5) is 24.5 Å². The largest absolute Gasteiger partial charge is 0.449 e. The third kappa shape index (κ3) is 6.16. The molecule has 1 atom stereocenters. The first kappa shape index (κ1) is 21.6. The number of esters is 1. The summed E-state index contributed by atoms with van der Waals surface area (Å²) in [5.74, 6) is -1.89. The summed E-state index contributed by atoms with van der Waals surface area (Å²) in [6.07, 6.45) is -3.82. The van der Waals surface area contributed by atoms with Gasteiger partial charge >= 0.3 is 12.1 Å². The first-order chi connectivity index (χ1) is 13.6. The number of nitrogens with zero attached hydrogens (tertiary/aromatic N) is 1. The number of rotatable bonds is 6. The minimum Gasteiger partial charge on any atom is -0.449 e. The highest BCUT2D eigenvalue weighted by atomic mass is 19.4. The van der Waals surface area contributed by atoms with Crippen LogP contribution in [0.25, 0.3) is 6.08 Å². The molecule has 0 bridgehead atoms. The van der Waals surface area contributed by atoms with Crippen LogP contribution in [0.3, 0.4) is 0 Å². The lowest BCUT2D eigenvalue weighted by Gasteiger charge is -2.16. The molecule has 2 rings (SSSR count). The molecule has 0 heterocycles. The minimum absolute atomic E-state index is 0.314. The smallest absolute Gasteiger partial charge is 0.418 e. The topological polar surface area (TPSA) is 98.5 Å². The molecule has 0 fully saturated rings. The predicted molar refractivity (Wildman–Crippen MR) is 97.8 cm³/mol. The average molecular weight is 408 g/mol. The van der Waals surface area contributed by atoms with Gasteiger partial charge in [-0.3, -0.25) is 14.9 Å². The summed E-state index contributed by atoms with van der Waals surface area (Å²) in [4.78, 5) is 33.6. The second kappa shape index (κ2) is 9.00. The van der Waals surface area contributed by atoms with Gasteiger partial charge in [0.1, 0.15) is 0 Å². The first-order valence-corrected chi connectivity index (χ1v) is 8.18. The average Bonchev–Trinajstić information content (AvgIpc) is 2.66. The SMILES string of the molecule is C[C@@H](OC(=O)/C=C/c1ccccc1)C(=O)Nc1ccc([N+](=O)[O-])cc1C(F)(F)F. The summed E-state index contributed by atoms with van der Waals surface area (Å²) >= 11 is 0. The van der Waals surface area contributed by atoms with Crippen LogP contribution in [0.5, 0.6) is 0 Å². The molecule has 0 aliphatic carbocycles. The number of ether oxygens (including phenoxy) is 1. The molecule has 0 aliphatic rings. The Balaban J connectivity index is 2.08. The van der Waals surface area contributed by atoms with Gasteiger partial charge in [-0.25, -0.2) is 4.79 Å². The van der Waals surface area contributed by atoms with Gasteiger partial charge in [0.25, 0.3) is 11.6 Å². The zero-order valence-electron chi connectivity index (χ0n) is 15.0. The van der Waals surface area contributed by atoms with Crippen LogP contribution in [0.1, 0.15) is 18.1 Å². The number of nitro groups is 1. The van der Waals surface area contributed by atoms with Crippen LogP contribution in [-0.2, 0) is 20.5 Å². The Morgan fingerprint density at radius 3 is 2.41 bits per heavy atom. The van der Waals surface area contributed by atoms with E-state index in [0.29, 0.717) is 11.6 Å². The molecule has 10 heteroatoms. The van der Waals surface area contributed by atoms with Gasteiger partial charge < -0.3 is 10.1 Å². The van der Waals surface area contributed by atoms with Gasteiger partial charge in [-0.1, -0.05) is 30.3 Å². The fourth-order valence-corrected chi connectivity index (χ4v) is 2.22. The fraction of sp³-hybridized carbons (Fsp3) is 0.158. The fourth-order valence-electron chi connectivity index (χ4n) is 2.22. The van der Waals surface area contributed by atoms with Crippen LogP contribution in [-0.4, -0.2) is 22.9 Å². The van der Waals surface area contributed by atoms with Gasteiger partial charge in [0, 0.05) is 18.2 Å². The molecule has 29 heavy (non-hydrogen) atoms. The molecule has 0 unspecified atom stereocenters. The number of halogens is 3. The van der Waals surface area contributed by atoms with E-state index in [9.17, 15) is 32.9 Å². The number of alkyl halides is 3. The van der Waals surface area contributed by atoms with E-state index >= 15 is 0 Å². The highest BCUT2D eigenvalue weighted by molar-refractivity contribution is 5.97. The van der Waals surface area contributed by atoms with Gasteiger partial charge in [0.05, 0.1) is 16.2 Å². The quantitative estimate of drug-likeness (QED) is 0.334. The van der Waals surface area contributed by atoms with Crippen LogP contribution < -0.4 is 5.32 Å². The molecule has 1 N–H and O–H groups in total. The number of hydrogen-bond donors (Lipinski definition) is 1. The molecule has 1 amide bonds. The maximum atomic E-state index is 13.1. The van der Waals surface area contributed by atoms with E-state index in [4.69, 9.17) is 4.74 Å². The summed E-state index contributed by atoms with van der Waals surface area (Å²) in [7, 11) is 0. The summed E-state index contributed by atoms with van der Waals surface area (Å²) in [5.41, 5.74) is -2.14. The summed E-state index contributed by atoms with van der Waals surface area (Å²) in [6.45, 7) is 1.18. The van der Waals surface area contributed by atoms with E-state index in [2.05, 4.69) is 0 Å². The Morgan fingerprint density at radius 1 is 1.17 bits per heavy atom. The lowest BCUT2D eigenvalue weighted by atomic mass is 10.1. The van der Waals surface area contributed by atoms with Crippen LogP contribution in [0.2, 0.25) is 0 Å². The Hall–Kier alpha value is -3.69. The number of nitro benzene ring substituents is 1. The van der Waals surface area contributed by atoms with Crippen molar-refractivity contribution in [2.45, 2.75) is 19.2 Å². The molecule has 2 aromatic carbocycles. The zero-order valence-corrected chi connectivity index (χ0v) is 15.0. The molecular weight excluding hydrogens is 393 g/mol. The van der Waals surface area contributed by atoms with E-state index in [-0.39, 0.29) is 0 Å². The number of benzene rings is 2. The third-order valence-electron chi connectivity index (χ3n) is 3.65. The summed E-state index contributed by atoms with van der Waals surface area (Å²) in [6, 6.07) is 10.7. The number of amides is 1. The predicted octanol–water partition coefficient (Wildman–Crippen LogP) is 4.20.